The Morgan fingerprint density at radius 3 is 2.31 bits per heavy atom. The summed E-state index contributed by atoms with van der Waals surface area (Å²) in [4.78, 5) is 26.7. The van der Waals surface area contributed by atoms with E-state index in [4.69, 9.17) is 5.73 Å². The van der Waals surface area contributed by atoms with E-state index in [1.54, 1.807) is 17.0 Å². The highest BCUT2D eigenvalue weighted by Gasteiger charge is 2.27. The van der Waals surface area contributed by atoms with Gasteiger partial charge in [0.2, 0.25) is 11.8 Å². The van der Waals surface area contributed by atoms with Crippen LogP contribution in [0.15, 0.2) is 54.6 Å². The minimum atomic E-state index is -0.314. The van der Waals surface area contributed by atoms with Gasteiger partial charge in [0.25, 0.3) is 0 Å². The summed E-state index contributed by atoms with van der Waals surface area (Å²) in [6.07, 6.45) is 1.55. The van der Waals surface area contributed by atoms with Crippen LogP contribution in [-0.4, -0.2) is 29.8 Å². The fraction of sp³-hybridized carbons (Fsp3) is 0.364. The number of likely N-dealkylation sites (tertiary alicyclic amines) is 1. The lowest BCUT2D eigenvalue weighted by molar-refractivity contribution is -0.136. The molecule has 2 amide bonds. The largest absolute Gasteiger partial charge is 0.352 e. The molecule has 1 heterocycles. The van der Waals surface area contributed by atoms with Gasteiger partial charge in [-0.05, 0) is 36.1 Å². The van der Waals surface area contributed by atoms with Crippen molar-refractivity contribution in [1.29, 1.82) is 0 Å². The molecule has 0 saturated carbocycles. The molecule has 0 radical (unpaired) electrons. The molecule has 1 aliphatic rings. The quantitative estimate of drug-likeness (QED) is 0.755. The first-order valence-electron chi connectivity index (χ1n) is 9.63. The van der Waals surface area contributed by atoms with E-state index >= 15 is 0 Å². The van der Waals surface area contributed by atoms with Gasteiger partial charge < -0.3 is 16.0 Å². The molecule has 1 fully saturated rings. The normalized spacial score (nSPS) is 15.3. The van der Waals surface area contributed by atoms with Crippen molar-refractivity contribution in [3.63, 3.8) is 0 Å². The SMILES string of the molecule is Cl.NC(CC(=O)N1CCC(C(=O)NCc2ccc(F)cc2)CC1)c1ccccc1. The second-order valence-corrected chi connectivity index (χ2v) is 7.22. The van der Waals surface area contributed by atoms with Gasteiger partial charge in [0.05, 0.1) is 0 Å². The van der Waals surface area contributed by atoms with Gasteiger partial charge in [-0.1, -0.05) is 42.5 Å². The second kappa shape index (κ2) is 10.9. The lowest BCUT2D eigenvalue weighted by Crippen LogP contribution is -2.43. The molecule has 0 bridgehead atoms. The van der Waals surface area contributed by atoms with Gasteiger partial charge in [0.15, 0.2) is 0 Å². The number of piperidine rings is 1. The van der Waals surface area contributed by atoms with Crippen LogP contribution >= 0.6 is 12.4 Å². The molecule has 3 N–H and O–H groups in total. The highest BCUT2D eigenvalue weighted by atomic mass is 35.5. The summed E-state index contributed by atoms with van der Waals surface area (Å²) >= 11 is 0. The van der Waals surface area contributed by atoms with Crippen LogP contribution in [0, 0.1) is 11.7 Å². The fourth-order valence-electron chi connectivity index (χ4n) is 3.46. The summed E-state index contributed by atoms with van der Waals surface area (Å²) < 4.78 is 12.9. The third-order valence-corrected chi connectivity index (χ3v) is 5.22. The third kappa shape index (κ3) is 6.54. The predicted molar refractivity (Wildman–Crippen MR) is 113 cm³/mol. The van der Waals surface area contributed by atoms with Gasteiger partial charge >= 0.3 is 0 Å². The second-order valence-electron chi connectivity index (χ2n) is 7.22. The van der Waals surface area contributed by atoms with Gasteiger partial charge in [-0.2, -0.15) is 0 Å². The van der Waals surface area contributed by atoms with Crippen LogP contribution in [0.2, 0.25) is 0 Å². The molecule has 29 heavy (non-hydrogen) atoms. The number of carbonyl (C=O) groups is 2. The summed E-state index contributed by atoms with van der Waals surface area (Å²) in [6.45, 7) is 1.51. The summed E-state index contributed by atoms with van der Waals surface area (Å²) in [6, 6.07) is 15.4. The van der Waals surface area contributed by atoms with Gasteiger partial charge in [-0.3, -0.25) is 9.59 Å². The molecule has 0 aromatic heterocycles. The van der Waals surface area contributed by atoms with Crippen LogP contribution in [0.25, 0.3) is 0 Å². The number of amides is 2. The van der Waals surface area contributed by atoms with Crippen molar-refractivity contribution in [1.82, 2.24) is 10.2 Å². The molecule has 2 aromatic rings. The zero-order valence-electron chi connectivity index (χ0n) is 16.2. The lowest BCUT2D eigenvalue weighted by atomic mass is 9.95. The molecule has 156 valence electrons. The van der Waals surface area contributed by atoms with Crippen molar-refractivity contribution in [2.45, 2.75) is 31.8 Å². The Labute approximate surface area is 176 Å². The van der Waals surface area contributed by atoms with Gasteiger partial charge in [0.1, 0.15) is 5.82 Å². The van der Waals surface area contributed by atoms with Crippen LogP contribution in [-0.2, 0) is 16.1 Å². The van der Waals surface area contributed by atoms with E-state index < -0.39 is 0 Å². The van der Waals surface area contributed by atoms with Crippen molar-refractivity contribution in [3.8, 4) is 0 Å². The van der Waals surface area contributed by atoms with E-state index in [1.807, 2.05) is 30.3 Å². The number of nitrogens with zero attached hydrogens (tertiary/aromatic N) is 1. The first-order valence-corrected chi connectivity index (χ1v) is 9.63. The van der Waals surface area contributed by atoms with E-state index in [-0.39, 0.29) is 48.4 Å². The van der Waals surface area contributed by atoms with Crippen molar-refractivity contribution >= 4 is 24.2 Å². The summed E-state index contributed by atoms with van der Waals surface area (Å²) in [5.41, 5.74) is 7.96. The molecule has 5 nitrogen and oxygen atoms in total. The molecule has 1 atom stereocenters. The molecule has 0 aliphatic carbocycles. The van der Waals surface area contributed by atoms with E-state index in [1.165, 1.54) is 12.1 Å². The number of rotatable bonds is 6. The van der Waals surface area contributed by atoms with Crippen molar-refractivity contribution < 1.29 is 14.0 Å². The zero-order chi connectivity index (χ0) is 19.9. The zero-order valence-corrected chi connectivity index (χ0v) is 17.0. The summed E-state index contributed by atoms with van der Waals surface area (Å²) in [7, 11) is 0. The molecule has 3 rings (SSSR count). The molecular weight excluding hydrogens is 393 g/mol. The maximum Gasteiger partial charge on any atom is 0.224 e. The van der Waals surface area contributed by atoms with E-state index in [2.05, 4.69) is 5.32 Å². The van der Waals surface area contributed by atoms with Crippen molar-refractivity contribution in [3.05, 3.63) is 71.5 Å². The molecule has 0 spiro atoms. The first-order chi connectivity index (χ1) is 13.5. The lowest BCUT2D eigenvalue weighted by Gasteiger charge is -2.32. The van der Waals surface area contributed by atoms with Gasteiger partial charge in [-0.15, -0.1) is 12.4 Å². The molecule has 1 aliphatic heterocycles. The van der Waals surface area contributed by atoms with E-state index in [0.29, 0.717) is 32.5 Å². The number of carbonyl (C=O) groups excluding carboxylic acids is 2. The van der Waals surface area contributed by atoms with Crippen LogP contribution < -0.4 is 11.1 Å². The average Bonchev–Trinajstić information content (AvgIpc) is 2.73. The fourth-order valence-corrected chi connectivity index (χ4v) is 3.46. The van der Waals surface area contributed by atoms with Crippen LogP contribution in [0.4, 0.5) is 4.39 Å². The maximum absolute atomic E-state index is 12.9. The van der Waals surface area contributed by atoms with Gasteiger partial charge in [0, 0.05) is 38.0 Å². The number of hydrogen-bond acceptors (Lipinski definition) is 3. The first kappa shape index (κ1) is 22.8. The summed E-state index contributed by atoms with van der Waals surface area (Å²) in [5.74, 6) is -0.384. The number of nitrogens with one attached hydrogen (secondary N) is 1. The van der Waals surface area contributed by atoms with E-state index in [9.17, 15) is 14.0 Å². The summed E-state index contributed by atoms with van der Waals surface area (Å²) in [5, 5.41) is 2.90. The predicted octanol–water partition coefficient (Wildman–Crippen LogP) is 3.19. The van der Waals surface area contributed by atoms with E-state index in [0.717, 1.165) is 11.1 Å². The number of benzene rings is 2. The molecule has 2 aromatic carbocycles. The topological polar surface area (TPSA) is 75.4 Å². The Kier molecular flexibility index (Phi) is 8.61. The highest BCUT2D eigenvalue weighted by molar-refractivity contribution is 5.85. The van der Waals surface area contributed by atoms with Crippen LogP contribution in [0.1, 0.15) is 36.4 Å². The molecular formula is C22H27ClFN3O2. The molecule has 1 unspecified atom stereocenters. The molecule has 1 saturated heterocycles. The maximum atomic E-state index is 12.9. The smallest absolute Gasteiger partial charge is 0.224 e. The Morgan fingerprint density at radius 1 is 1.07 bits per heavy atom. The Hall–Kier alpha value is -2.44. The minimum Gasteiger partial charge on any atom is -0.352 e. The molecule has 7 heteroatoms. The highest BCUT2D eigenvalue weighted by Crippen LogP contribution is 2.21. The Morgan fingerprint density at radius 2 is 1.69 bits per heavy atom. The monoisotopic (exact) mass is 419 g/mol. The van der Waals surface area contributed by atoms with Crippen LogP contribution in [0.3, 0.4) is 0 Å². The Bertz CT molecular complexity index is 793. The average molecular weight is 420 g/mol. The van der Waals surface area contributed by atoms with Gasteiger partial charge in [-0.25, -0.2) is 4.39 Å². The standard InChI is InChI=1S/C22H26FN3O2.ClH/c23-19-8-6-16(7-9-19)15-25-22(28)18-10-12-26(13-11-18)21(27)14-20(24)17-4-2-1-3-5-17;/h1-9,18,20H,10-15,24H2,(H,25,28);1H. The number of halogens is 2. The third-order valence-electron chi connectivity index (χ3n) is 5.22. The number of nitrogens with two attached hydrogens (primary N) is 1. The Balaban J connectivity index is 0.00000300. The number of hydrogen-bond donors (Lipinski definition) is 2. The van der Waals surface area contributed by atoms with Crippen LogP contribution in [0.5, 0.6) is 0 Å². The minimum absolute atomic E-state index is 0. The van der Waals surface area contributed by atoms with Crippen molar-refractivity contribution in [2.75, 3.05) is 13.1 Å². The van der Waals surface area contributed by atoms with Crippen molar-refractivity contribution in [2.24, 2.45) is 11.7 Å².